The standard InChI is InChI=1S/C20H20FN3O2S/c1-12-8-9-14(10-13(12)2)22-20-24(3)19(26)17(27-20)11-18(25)23-16-7-5-4-6-15(16)21/h4-10,17H,11H2,1-3H3,(H,23,25). The number of benzene rings is 2. The van der Waals surface area contributed by atoms with Crippen molar-refractivity contribution in [3.05, 3.63) is 59.4 Å². The number of hydrogen-bond donors (Lipinski definition) is 1. The fourth-order valence-corrected chi connectivity index (χ4v) is 3.79. The molecule has 2 aromatic carbocycles. The molecule has 1 atom stereocenters. The summed E-state index contributed by atoms with van der Waals surface area (Å²) < 4.78 is 13.7. The van der Waals surface area contributed by atoms with Gasteiger partial charge in [-0.15, -0.1) is 0 Å². The van der Waals surface area contributed by atoms with E-state index in [1.54, 1.807) is 19.2 Å². The van der Waals surface area contributed by atoms with Crippen LogP contribution in [0.5, 0.6) is 0 Å². The molecule has 1 saturated heterocycles. The van der Waals surface area contributed by atoms with E-state index in [1.807, 2.05) is 32.0 Å². The summed E-state index contributed by atoms with van der Waals surface area (Å²) in [7, 11) is 1.64. The van der Waals surface area contributed by atoms with Gasteiger partial charge in [0.1, 0.15) is 11.1 Å². The Labute approximate surface area is 161 Å². The van der Waals surface area contributed by atoms with Crippen LogP contribution in [0.2, 0.25) is 0 Å². The molecule has 0 saturated carbocycles. The zero-order chi connectivity index (χ0) is 19.6. The predicted octanol–water partition coefficient (Wildman–Crippen LogP) is 4.03. The number of aryl methyl sites for hydroxylation is 2. The lowest BCUT2D eigenvalue weighted by Crippen LogP contribution is -2.30. The second-order valence-electron chi connectivity index (χ2n) is 6.40. The minimum atomic E-state index is -0.577. The van der Waals surface area contributed by atoms with Crippen LogP contribution in [0.25, 0.3) is 0 Å². The number of amides is 2. The Kier molecular flexibility index (Phi) is 5.60. The van der Waals surface area contributed by atoms with Crippen LogP contribution in [-0.4, -0.2) is 34.2 Å². The zero-order valence-corrected chi connectivity index (χ0v) is 16.1. The maximum atomic E-state index is 13.7. The Morgan fingerprint density at radius 2 is 1.96 bits per heavy atom. The van der Waals surface area contributed by atoms with E-state index in [0.717, 1.165) is 11.3 Å². The first kappa shape index (κ1) is 19.1. The number of hydrogen-bond acceptors (Lipinski definition) is 4. The second kappa shape index (κ2) is 7.92. The highest BCUT2D eigenvalue weighted by Gasteiger charge is 2.37. The maximum Gasteiger partial charge on any atom is 0.242 e. The normalized spacial score (nSPS) is 18.2. The Balaban J connectivity index is 1.70. The van der Waals surface area contributed by atoms with Crippen molar-refractivity contribution in [2.24, 2.45) is 4.99 Å². The van der Waals surface area contributed by atoms with Crippen LogP contribution in [0.15, 0.2) is 47.5 Å². The number of para-hydroxylation sites is 1. The van der Waals surface area contributed by atoms with E-state index >= 15 is 0 Å². The molecule has 1 N–H and O–H groups in total. The molecule has 7 heteroatoms. The van der Waals surface area contributed by atoms with Crippen LogP contribution in [0, 0.1) is 19.7 Å². The minimum absolute atomic E-state index is 0.0475. The molecule has 27 heavy (non-hydrogen) atoms. The van der Waals surface area contributed by atoms with Gasteiger partial charge in [0.15, 0.2) is 5.17 Å². The van der Waals surface area contributed by atoms with E-state index in [0.29, 0.717) is 5.17 Å². The Bertz CT molecular complexity index is 929. The largest absolute Gasteiger partial charge is 0.324 e. The summed E-state index contributed by atoms with van der Waals surface area (Å²) in [4.78, 5) is 30.7. The lowest BCUT2D eigenvalue weighted by Gasteiger charge is -2.10. The highest BCUT2D eigenvalue weighted by molar-refractivity contribution is 8.15. The molecule has 0 bridgehead atoms. The average molecular weight is 385 g/mol. The van der Waals surface area contributed by atoms with Crippen molar-refractivity contribution in [3.8, 4) is 0 Å². The number of halogens is 1. The van der Waals surface area contributed by atoms with Gasteiger partial charge < -0.3 is 5.32 Å². The molecule has 1 fully saturated rings. The quantitative estimate of drug-likeness (QED) is 0.864. The summed E-state index contributed by atoms with van der Waals surface area (Å²) in [5, 5.41) is 2.48. The molecule has 0 spiro atoms. The summed E-state index contributed by atoms with van der Waals surface area (Å²) in [5.74, 6) is -1.11. The number of carbonyl (C=O) groups excluding carboxylic acids is 2. The van der Waals surface area contributed by atoms with E-state index in [1.165, 1.54) is 34.4 Å². The fourth-order valence-electron chi connectivity index (χ4n) is 2.64. The molecule has 1 aliphatic heterocycles. The van der Waals surface area contributed by atoms with Crippen molar-refractivity contribution >= 4 is 40.1 Å². The molecule has 1 heterocycles. The number of amidine groups is 1. The van der Waals surface area contributed by atoms with Crippen LogP contribution in [-0.2, 0) is 9.59 Å². The number of thioether (sulfide) groups is 1. The second-order valence-corrected chi connectivity index (χ2v) is 7.57. The monoisotopic (exact) mass is 385 g/mol. The molecule has 5 nitrogen and oxygen atoms in total. The van der Waals surface area contributed by atoms with Crippen molar-refractivity contribution < 1.29 is 14.0 Å². The van der Waals surface area contributed by atoms with Gasteiger partial charge in [0.05, 0.1) is 11.4 Å². The van der Waals surface area contributed by atoms with E-state index < -0.39 is 17.0 Å². The zero-order valence-electron chi connectivity index (χ0n) is 15.3. The van der Waals surface area contributed by atoms with Gasteiger partial charge in [-0.1, -0.05) is 30.0 Å². The third-order valence-electron chi connectivity index (χ3n) is 4.37. The molecule has 1 aliphatic rings. The van der Waals surface area contributed by atoms with Gasteiger partial charge in [0.2, 0.25) is 11.8 Å². The van der Waals surface area contributed by atoms with Gasteiger partial charge in [-0.3, -0.25) is 14.5 Å². The van der Waals surface area contributed by atoms with Crippen LogP contribution in [0.3, 0.4) is 0 Å². The Hall–Kier alpha value is -2.67. The number of anilines is 1. The molecule has 0 aromatic heterocycles. The number of nitrogens with one attached hydrogen (secondary N) is 1. The summed E-state index contributed by atoms with van der Waals surface area (Å²) in [6.45, 7) is 4.03. The molecular formula is C20H20FN3O2S. The van der Waals surface area contributed by atoms with E-state index in [-0.39, 0.29) is 18.0 Å². The average Bonchev–Trinajstić information content (AvgIpc) is 2.88. The van der Waals surface area contributed by atoms with E-state index in [4.69, 9.17) is 0 Å². The van der Waals surface area contributed by atoms with Crippen molar-refractivity contribution in [3.63, 3.8) is 0 Å². The van der Waals surface area contributed by atoms with Crippen molar-refractivity contribution in [2.45, 2.75) is 25.5 Å². The number of carbonyl (C=O) groups is 2. The topological polar surface area (TPSA) is 61.8 Å². The SMILES string of the molecule is Cc1ccc(N=C2SC(CC(=O)Nc3ccccc3F)C(=O)N2C)cc1C. The predicted molar refractivity (Wildman–Crippen MR) is 107 cm³/mol. The maximum absolute atomic E-state index is 13.7. The summed E-state index contributed by atoms with van der Waals surface area (Å²) in [6, 6.07) is 11.8. The van der Waals surface area contributed by atoms with Crippen molar-refractivity contribution in [1.29, 1.82) is 0 Å². The highest BCUT2D eigenvalue weighted by Crippen LogP contribution is 2.31. The van der Waals surface area contributed by atoms with Crippen LogP contribution < -0.4 is 5.32 Å². The molecule has 2 aromatic rings. The molecule has 3 rings (SSSR count). The molecule has 0 aliphatic carbocycles. The highest BCUT2D eigenvalue weighted by atomic mass is 32.2. The van der Waals surface area contributed by atoms with Gasteiger partial charge in [-0.05, 0) is 49.2 Å². The van der Waals surface area contributed by atoms with E-state index in [2.05, 4.69) is 10.3 Å². The summed E-state index contributed by atoms with van der Waals surface area (Å²) in [5.41, 5.74) is 3.16. The first-order valence-corrected chi connectivity index (χ1v) is 9.37. The summed E-state index contributed by atoms with van der Waals surface area (Å²) >= 11 is 1.25. The third-order valence-corrected chi connectivity index (χ3v) is 5.60. The molecule has 1 unspecified atom stereocenters. The Morgan fingerprint density at radius 1 is 1.22 bits per heavy atom. The Morgan fingerprint density at radius 3 is 2.67 bits per heavy atom. The van der Waals surface area contributed by atoms with Gasteiger partial charge in [0, 0.05) is 13.5 Å². The third kappa shape index (κ3) is 4.36. The number of aliphatic imine (C=N–C) groups is 1. The molecule has 140 valence electrons. The van der Waals surface area contributed by atoms with Gasteiger partial charge in [-0.2, -0.15) is 0 Å². The molecular weight excluding hydrogens is 365 g/mol. The van der Waals surface area contributed by atoms with Crippen LogP contribution >= 0.6 is 11.8 Å². The molecule has 2 amide bonds. The van der Waals surface area contributed by atoms with Gasteiger partial charge >= 0.3 is 0 Å². The van der Waals surface area contributed by atoms with Crippen LogP contribution in [0.1, 0.15) is 17.5 Å². The fraction of sp³-hybridized carbons (Fsp3) is 0.250. The first-order valence-electron chi connectivity index (χ1n) is 8.49. The smallest absolute Gasteiger partial charge is 0.242 e. The number of nitrogens with zero attached hydrogens (tertiary/aromatic N) is 2. The van der Waals surface area contributed by atoms with Gasteiger partial charge in [-0.25, -0.2) is 9.38 Å². The minimum Gasteiger partial charge on any atom is -0.324 e. The van der Waals surface area contributed by atoms with Gasteiger partial charge in [0.25, 0.3) is 0 Å². The lowest BCUT2D eigenvalue weighted by molar-refractivity contribution is -0.127. The number of rotatable bonds is 4. The summed E-state index contributed by atoms with van der Waals surface area (Å²) in [6.07, 6.45) is -0.0475. The van der Waals surface area contributed by atoms with Crippen molar-refractivity contribution in [2.75, 3.05) is 12.4 Å². The van der Waals surface area contributed by atoms with Crippen LogP contribution in [0.4, 0.5) is 15.8 Å². The van der Waals surface area contributed by atoms with E-state index in [9.17, 15) is 14.0 Å². The first-order chi connectivity index (χ1) is 12.8. The lowest BCUT2D eigenvalue weighted by atomic mass is 10.1. The van der Waals surface area contributed by atoms with Crippen molar-refractivity contribution in [1.82, 2.24) is 4.90 Å². The molecule has 0 radical (unpaired) electrons.